The number of anilines is 1. The maximum absolute atomic E-state index is 15.1. The van der Waals surface area contributed by atoms with Crippen molar-refractivity contribution < 1.29 is 9.50 Å². The predicted molar refractivity (Wildman–Crippen MR) is 152 cm³/mol. The number of aliphatic hydroxyl groups excluding tert-OH is 1. The minimum absolute atomic E-state index is 0.0277. The van der Waals surface area contributed by atoms with Crippen molar-refractivity contribution in [3.8, 4) is 0 Å². The summed E-state index contributed by atoms with van der Waals surface area (Å²) in [6, 6.07) is 17.0. The summed E-state index contributed by atoms with van der Waals surface area (Å²) < 4.78 is 19.0. The maximum atomic E-state index is 15.1. The summed E-state index contributed by atoms with van der Waals surface area (Å²) in [7, 11) is 0. The third kappa shape index (κ3) is 6.12. The second kappa shape index (κ2) is 12.4. The Morgan fingerprint density at radius 1 is 1.00 bits per heavy atom. The highest BCUT2D eigenvalue weighted by molar-refractivity contribution is 5.71. The number of aromatic nitrogens is 4. The first-order valence-corrected chi connectivity index (χ1v) is 13.4. The molecule has 0 saturated heterocycles. The number of imidazole rings is 1. The lowest BCUT2D eigenvalue weighted by Gasteiger charge is -2.21. The predicted octanol–water partition coefficient (Wildman–Crippen LogP) is 3.53. The second-order valence-corrected chi connectivity index (χ2v) is 9.82. The molecule has 3 unspecified atom stereocenters. The fourth-order valence-corrected chi connectivity index (χ4v) is 4.69. The first-order valence-electron chi connectivity index (χ1n) is 13.4. The highest BCUT2D eigenvalue weighted by Gasteiger charge is 2.26. The van der Waals surface area contributed by atoms with Crippen LogP contribution in [0, 0.1) is 0 Å². The molecule has 39 heavy (non-hydrogen) atoms. The largest absolute Gasteiger partial charge is 0.399 e. The summed E-state index contributed by atoms with van der Waals surface area (Å²) >= 11 is 0. The number of nitrogens with zero attached hydrogens (tertiary/aromatic N) is 4. The molecule has 0 aliphatic heterocycles. The molecule has 4 N–H and O–H groups in total. The van der Waals surface area contributed by atoms with Gasteiger partial charge in [0, 0.05) is 25.2 Å². The molecule has 3 atom stereocenters. The number of nitrogens with one attached hydrogen (secondary N) is 1. The van der Waals surface area contributed by atoms with Crippen molar-refractivity contribution in [3.63, 3.8) is 0 Å². The summed E-state index contributed by atoms with van der Waals surface area (Å²) in [4.78, 5) is 32.1. The number of fused-ring (bicyclic) bond motifs is 1. The van der Waals surface area contributed by atoms with E-state index < -0.39 is 29.8 Å². The van der Waals surface area contributed by atoms with Crippen LogP contribution in [0.1, 0.15) is 63.0 Å². The Balaban J connectivity index is 1.92. The lowest BCUT2D eigenvalue weighted by atomic mass is 10.1. The van der Waals surface area contributed by atoms with E-state index in [9.17, 15) is 14.7 Å². The van der Waals surface area contributed by atoms with E-state index >= 15 is 4.39 Å². The molecule has 0 aliphatic carbocycles. The van der Waals surface area contributed by atoms with Crippen LogP contribution in [0.3, 0.4) is 0 Å². The molecule has 0 fully saturated rings. The number of nitrogens with two attached hydrogens (primary N) is 1. The van der Waals surface area contributed by atoms with Crippen LogP contribution in [0.15, 0.2) is 64.2 Å². The molecule has 0 amide bonds. The van der Waals surface area contributed by atoms with Crippen LogP contribution in [0.4, 0.5) is 10.1 Å². The molecular weight excluding hydrogens is 499 g/mol. The summed E-state index contributed by atoms with van der Waals surface area (Å²) in [5, 5.41) is 13.4. The van der Waals surface area contributed by atoms with Gasteiger partial charge in [0.1, 0.15) is 5.82 Å². The smallest absolute Gasteiger partial charge is 0.335 e. The third-order valence-electron chi connectivity index (χ3n) is 7.01. The van der Waals surface area contributed by atoms with Crippen LogP contribution in [-0.2, 0) is 19.4 Å². The van der Waals surface area contributed by atoms with Gasteiger partial charge in [-0.2, -0.15) is 0 Å². The van der Waals surface area contributed by atoms with Gasteiger partial charge in [0.2, 0.25) is 0 Å². The molecule has 10 heteroatoms. The number of aliphatic hydroxyl groups is 1. The van der Waals surface area contributed by atoms with Gasteiger partial charge in [-0.15, -0.1) is 0 Å². The quantitative estimate of drug-likeness (QED) is 0.238. The summed E-state index contributed by atoms with van der Waals surface area (Å²) in [6.07, 6.45) is -1.39. The first-order chi connectivity index (χ1) is 18.7. The van der Waals surface area contributed by atoms with Crippen LogP contribution in [0.25, 0.3) is 11.2 Å². The molecule has 2 aromatic carbocycles. The second-order valence-electron chi connectivity index (χ2n) is 9.82. The normalized spacial score (nSPS) is 14.0. The highest BCUT2D eigenvalue weighted by atomic mass is 19.1. The van der Waals surface area contributed by atoms with E-state index in [0.717, 1.165) is 11.1 Å². The van der Waals surface area contributed by atoms with E-state index in [1.54, 1.807) is 23.6 Å². The van der Waals surface area contributed by atoms with Gasteiger partial charge in [-0.25, -0.2) is 18.7 Å². The number of rotatable bonds is 12. The van der Waals surface area contributed by atoms with Gasteiger partial charge in [0.15, 0.2) is 17.5 Å². The van der Waals surface area contributed by atoms with E-state index in [1.165, 1.54) is 4.57 Å². The number of hydrogen-bond acceptors (Lipinski definition) is 6. The van der Waals surface area contributed by atoms with Gasteiger partial charge in [0.05, 0.1) is 12.3 Å². The zero-order valence-electron chi connectivity index (χ0n) is 22.7. The molecule has 0 saturated carbocycles. The van der Waals surface area contributed by atoms with E-state index in [1.807, 2.05) is 56.3 Å². The minimum Gasteiger partial charge on any atom is -0.399 e. The van der Waals surface area contributed by atoms with Gasteiger partial charge in [-0.1, -0.05) is 56.3 Å². The van der Waals surface area contributed by atoms with Crippen LogP contribution in [0.2, 0.25) is 0 Å². The highest BCUT2D eigenvalue weighted by Crippen LogP contribution is 2.21. The van der Waals surface area contributed by atoms with Crippen LogP contribution >= 0.6 is 0 Å². The van der Waals surface area contributed by atoms with Gasteiger partial charge in [0.25, 0.3) is 5.56 Å². The average molecular weight is 537 g/mol. The Morgan fingerprint density at radius 2 is 1.69 bits per heavy atom. The SMILES string of the molecule is CCC(O)CNC(C)n1c(Cc2ccccc2)nc2c1c(=O)n(C(F)CC)c(=O)n2CCc1ccc(N)cc1. The molecule has 2 heterocycles. The molecule has 0 aliphatic rings. The van der Waals surface area contributed by atoms with Crippen molar-refractivity contribution in [2.75, 3.05) is 12.3 Å². The zero-order chi connectivity index (χ0) is 28.1. The van der Waals surface area contributed by atoms with E-state index in [2.05, 4.69) is 5.32 Å². The minimum atomic E-state index is -1.77. The number of aryl methyl sites for hydroxylation is 2. The van der Waals surface area contributed by atoms with Gasteiger partial charge >= 0.3 is 5.69 Å². The number of halogens is 1. The van der Waals surface area contributed by atoms with Gasteiger partial charge in [-0.3, -0.25) is 14.7 Å². The topological polar surface area (TPSA) is 120 Å². The molecular formula is C29H37FN6O3. The lowest BCUT2D eigenvalue weighted by Crippen LogP contribution is -2.42. The maximum Gasteiger partial charge on any atom is 0.335 e. The monoisotopic (exact) mass is 536 g/mol. The molecule has 0 spiro atoms. The lowest BCUT2D eigenvalue weighted by molar-refractivity contribution is 0.159. The molecule has 9 nitrogen and oxygen atoms in total. The summed E-state index contributed by atoms with van der Waals surface area (Å²) in [5.41, 5.74) is 7.29. The Labute approximate surface area is 226 Å². The zero-order valence-corrected chi connectivity index (χ0v) is 22.7. The van der Waals surface area contributed by atoms with Crippen LogP contribution in [-0.4, -0.2) is 36.4 Å². The van der Waals surface area contributed by atoms with Crippen molar-refractivity contribution in [2.45, 2.75) is 71.6 Å². The molecule has 0 bridgehead atoms. The Hall–Kier alpha value is -3.76. The van der Waals surface area contributed by atoms with Gasteiger partial charge < -0.3 is 15.4 Å². The number of hydrogen-bond donors (Lipinski definition) is 3. The van der Waals surface area contributed by atoms with Crippen LogP contribution in [0.5, 0.6) is 0 Å². The van der Waals surface area contributed by atoms with Crippen LogP contribution < -0.4 is 22.3 Å². The van der Waals surface area contributed by atoms with E-state index in [4.69, 9.17) is 10.7 Å². The molecule has 208 valence electrons. The third-order valence-corrected chi connectivity index (χ3v) is 7.01. The Bertz CT molecular complexity index is 1510. The molecule has 4 aromatic rings. The number of alkyl halides is 1. The van der Waals surface area contributed by atoms with Gasteiger partial charge in [-0.05, 0) is 49.4 Å². The molecule has 0 radical (unpaired) electrons. The first kappa shape index (κ1) is 28.3. The number of nitrogen functional groups attached to an aromatic ring is 1. The van der Waals surface area contributed by atoms with E-state index in [-0.39, 0.29) is 24.1 Å². The van der Waals surface area contributed by atoms with Crippen molar-refractivity contribution in [2.24, 2.45) is 0 Å². The Kier molecular flexibility index (Phi) is 8.98. The average Bonchev–Trinajstić information content (AvgIpc) is 3.31. The fraction of sp³-hybridized carbons (Fsp3) is 0.414. The molecule has 2 aromatic heterocycles. The standard InChI is InChI=1S/C29H37FN6O3/c1-4-23(37)18-32-19(3)35-25(17-21-9-7-6-8-10-21)33-27-26(35)28(38)36(24(30)5-2)29(39)34(27)16-15-20-11-13-22(31)14-12-20/h6-14,19,23-24,32,37H,4-5,15-18,31H2,1-3H3. The van der Waals surface area contributed by atoms with Crippen molar-refractivity contribution in [1.82, 2.24) is 24.0 Å². The molecule has 4 rings (SSSR count). The van der Waals surface area contributed by atoms with Crippen molar-refractivity contribution in [3.05, 3.63) is 92.4 Å². The fourth-order valence-electron chi connectivity index (χ4n) is 4.69. The van der Waals surface area contributed by atoms with E-state index in [0.29, 0.717) is 41.9 Å². The van der Waals surface area contributed by atoms with Crippen molar-refractivity contribution in [1.29, 1.82) is 0 Å². The summed E-state index contributed by atoms with van der Waals surface area (Å²) in [5.74, 6) is 0.560. The Morgan fingerprint density at radius 3 is 2.33 bits per heavy atom. The summed E-state index contributed by atoms with van der Waals surface area (Å²) in [6.45, 7) is 5.84. The van der Waals surface area contributed by atoms with Crippen molar-refractivity contribution >= 4 is 16.9 Å². The number of benzene rings is 2.